The number of nitrogens with zero attached hydrogens (tertiary/aromatic N) is 1. The standard InChI is InChI=1S/C12H15FN2O7/c1-6(16)22-9-12(13,10(18)20-2)8(17)14-11(19)15(9)7-4-3-5-21-7/h7,9H,3-5H2,1-2H3,(H,14,17,19). The first-order chi connectivity index (χ1) is 10.3. The minimum atomic E-state index is -3.37. The molecule has 2 saturated heterocycles. The molecule has 0 aromatic rings. The summed E-state index contributed by atoms with van der Waals surface area (Å²) in [5, 5.41) is 1.72. The van der Waals surface area contributed by atoms with E-state index in [4.69, 9.17) is 9.47 Å². The largest absolute Gasteiger partial charge is 0.466 e. The first kappa shape index (κ1) is 16.1. The van der Waals surface area contributed by atoms with Crippen LogP contribution in [-0.2, 0) is 28.6 Å². The average molecular weight is 318 g/mol. The van der Waals surface area contributed by atoms with Gasteiger partial charge in [0.2, 0.25) is 6.23 Å². The molecule has 0 aliphatic carbocycles. The average Bonchev–Trinajstić information content (AvgIpc) is 2.97. The summed E-state index contributed by atoms with van der Waals surface area (Å²) >= 11 is 0. The number of alkyl halides is 1. The lowest BCUT2D eigenvalue weighted by Gasteiger charge is -2.42. The zero-order valence-electron chi connectivity index (χ0n) is 12.0. The number of imide groups is 1. The molecule has 3 amide bonds. The van der Waals surface area contributed by atoms with Gasteiger partial charge in [-0.25, -0.2) is 14.0 Å². The van der Waals surface area contributed by atoms with Crippen molar-refractivity contribution in [1.82, 2.24) is 10.2 Å². The summed E-state index contributed by atoms with van der Waals surface area (Å²) in [4.78, 5) is 47.5. The lowest BCUT2D eigenvalue weighted by molar-refractivity contribution is -0.205. The van der Waals surface area contributed by atoms with Crippen LogP contribution in [-0.4, -0.2) is 60.6 Å². The Hall–Kier alpha value is -2.23. The number of ether oxygens (including phenoxy) is 3. The Morgan fingerprint density at radius 3 is 2.64 bits per heavy atom. The zero-order chi connectivity index (χ0) is 16.5. The smallest absolute Gasteiger partial charge is 0.359 e. The highest BCUT2D eigenvalue weighted by atomic mass is 19.1. The number of carbonyl (C=O) groups is 4. The van der Waals surface area contributed by atoms with Crippen molar-refractivity contribution in [1.29, 1.82) is 0 Å². The second-order valence-electron chi connectivity index (χ2n) is 4.80. The number of methoxy groups -OCH3 is 1. The zero-order valence-corrected chi connectivity index (χ0v) is 12.0. The molecule has 1 N–H and O–H groups in total. The molecular formula is C12H15FN2O7. The van der Waals surface area contributed by atoms with Crippen LogP contribution in [0.2, 0.25) is 0 Å². The molecule has 0 saturated carbocycles. The van der Waals surface area contributed by atoms with Crippen LogP contribution in [0.3, 0.4) is 0 Å². The fourth-order valence-electron chi connectivity index (χ4n) is 2.36. The van der Waals surface area contributed by atoms with Crippen molar-refractivity contribution in [3.63, 3.8) is 0 Å². The van der Waals surface area contributed by atoms with E-state index in [1.165, 1.54) is 0 Å². The molecule has 22 heavy (non-hydrogen) atoms. The lowest BCUT2D eigenvalue weighted by Crippen LogP contribution is -2.73. The van der Waals surface area contributed by atoms with Gasteiger partial charge in [-0.15, -0.1) is 0 Å². The number of nitrogens with one attached hydrogen (secondary N) is 1. The van der Waals surface area contributed by atoms with Crippen LogP contribution in [0.5, 0.6) is 0 Å². The molecule has 0 aromatic heterocycles. The van der Waals surface area contributed by atoms with Crippen LogP contribution in [0.25, 0.3) is 0 Å². The number of amides is 3. The second kappa shape index (κ2) is 5.87. The van der Waals surface area contributed by atoms with E-state index in [2.05, 4.69) is 4.74 Å². The summed E-state index contributed by atoms with van der Waals surface area (Å²) in [5.74, 6) is -4.10. The maximum atomic E-state index is 15.0. The Bertz CT molecular complexity index is 520. The Morgan fingerprint density at radius 2 is 2.14 bits per heavy atom. The Morgan fingerprint density at radius 1 is 1.45 bits per heavy atom. The maximum Gasteiger partial charge on any atom is 0.359 e. The molecule has 2 rings (SSSR count). The number of carbonyl (C=O) groups excluding carboxylic acids is 4. The van der Waals surface area contributed by atoms with Gasteiger partial charge in [-0.2, -0.15) is 0 Å². The van der Waals surface area contributed by atoms with Crippen LogP contribution < -0.4 is 5.32 Å². The highest BCUT2D eigenvalue weighted by molar-refractivity contribution is 6.14. The molecule has 0 aromatic carbocycles. The summed E-state index contributed by atoms with van der Waals surface area (Å²) in [6, 6.07) is -1.01. The summed E-state index contributed by atoms with van der Waals surface area (Å²) in [5.41, 5.74) is -3.37. The number of rotatable bonds is 3. The Balaban J connectivity index is 2.45. The van der Waals surface area contributed by atoms with Crippen molar-refractivity contribution < 1.29 is 37.8 Å². The van der Waals surface area contributed by atoms with Gasteiger partial charge in [-0.05, 0) is 12.8 Å². The van der Waals surface area contributed by atoms with Gasteiger partial charge in [0.1, 0.15) is 6.23 Å². The molecule has 0 radical (unpaired) electrons. The number of esters is 2. The van der Waals surface area contributed by atoms with Crippen molar-refractivity contribution in [2.45, 2.75) is 37.9 Å². The predicted molar refractivity (Wildman–Crippen MR) is 65.8 cm³/mol. The summed E-state index contributed by atoms with van der Waals surface area (Å²) in [6.07, 6.45) is -2.08. The maximum absolute atomic E-state index is 15.0. The van der Waals surface area contributed by atoms with Crippen molar-refractivity contribution in [2.24, 2.45) is 0 Å². The van der Waals surface area contributed by atoms with Gasteiger partial charge in [0.15, 0.2) is 0 Å². The van der Waals surface area contributed by atoms with Gasteiger partial charge < -0.3 is 14.2 Å². The molecular weight excluding hydrogens is 303 g/mol. The highest BCUT2D eigenvalue weighted by Gasteiger charge is 2.65. The third-order valence-corrected chi connectivity index (χ3v) is 3.35. The van der Waals surface area contributed by atoms with Crippen LogP contribution in [0.15, 0.2) is 0 Å². The molecule has 2 aliphatic rings. The number of halogens is 1. The lowest BCUT2D eigenvalue weighted by atomic mass is 9.99. The van der Waals surface area contributed by atoms with Crippen LogP contribution in [0.4, 0.5) is 9.18 Å². The molecule has 3 atom stereocenters. The van der Waals surface area contributed by atoms with Gasteiger partial charge in [-0.1, -0.05) is 0 Å². The van der Waals surface area contributed by atoms with E-state index in [0.717, 1.165) is 14.0 Å². The summed E-state index contributed by atoms with van der Waals surface area (Å²) in [7, 11) is 0.870. The molecule has 0 spiro atoms. The summed E-state index contributed by atoms with van der Waals surface area (Å²) in [6.45, 7) is 1.27. The fourth-order valence-corrected chi connectivity index (χ4v) is 2.36. The monoisotopic (exact) mass is 318 g/mol. The van der Waals surface area contributed by atoms with E-state index in [1.807, 2.05) is 0 Å². The number of hydrogen-bond donors (Lipinski definition) is 1. The highest BCUT2D eigenvalue weighted by Crippen LogP contribution is 2.32. The van der Waals surface area contributed by atoms with Crippen molar-refractivity contribution in [2.75, 3.05) is 13.7 Å². The molecule has 2 aliphatic heterocycles. The van der Waals surface area contributed by atoms with Gasteiger partial charge in [0, 0.05) is 13.5 Å². The van der Waals surface area contributed by atoms with Crippen LogP contribution >= 0.6 is 0 Å². The fraction of sp³-hybridized carbons (Fsp3) is 0.667. The number of hydrogen-bond acceptors (Lipinski definition) is 7. The first-order valence-corrected chi connectivity index (χ1v) is 6.52. The van der Waals surface area contributed by atoms with E-state index in [9.17, 15) is 19.2 Å². The molecule has 0 bridgehead atoms. The predicted octanol–water partition coefficient (Wildman–Crippen LogP) is -0.555. The topological polar surface area (TPSA) is 111 Å². The second-order valence-corrected chi connectivity index (χ2v) is 4.80. The van der Waals surface area contributed by atoms with Crippen molar-refractivity contribution in [3.8, 4) is 0 Å². The molecule has 2 heterocycles. The van der Waals surface area contributed by atoms with Crippen molar-refractivity contribution >= 4 is 23.9 Å². The number of urea groups is 1. The van der Waals surface area contributed by atoms with Crippen molar-refractivity contribution in [3.05, 3.63) is 0 Å². The third-order valence-electron chi connectivity index (χ3n) is 3.35. The summed E-state index contributed by atoms with van der Waals surface area (Å²) < 4.78 is 29.3. The van der Waals surface area contributed by atoms with Gasteiger partial charge in [0.05, 0.1) is 7.11 Å². The first-order valence-electron chi connectivity index (χ1n) is 6.52. The molecule has 3 unspecified atom stereocenters. The third kappa shape index (κ3) is 2.49. The van der Waals surface area contributed by atoms with Crippen LogP contribution in [0.1, 0.15) is 19.8 Å². The van der Waals surface area contributed by atoms with E-state index in [1.54, 1.807) is 5.32 Å². The van der Waals surface area contributed by atoms with Gasteiger partial charge in [0.25, 0.3) is 5.91 Å². The minimum absolute atomic E-state index is 0.312. The molecule has 9 nitrogen and oxygen atoms in total. The minimum Gasteiger partial charge on any atom is -0.466 e. The molecule has 122 valence electrons. The van der Waals surface area contributed by atoms with Gasteiger partial charge >= 0.3 is 23.6 Å². The quantitative estimate of drug-likeness (QED) is 0.548. The van der Waals surface area contributed by atoms with E-state index in [0.29, 0.717) is 24.3 Å². The molecule has 10 heteroatoms. The van der Waals surface area contributed by atoms with E-state index in [-0.39, 0.29) is 0 Å². The normalized spacial score (nSPS) is 31.7. The Kier molecular flexibility index (Phi) is 4.31. The Labute approximate surface area is 124 Å². The molecule has 2 fully saturated rings. The van der Waals surface area contributed by atoms with E-state index < -0.39 is 42.0 Å². The van der Waals surface area contributed by atoms with Gasteiger partial charge in [-0.3, -0.25) is 19.8 Å². The van der Waals surface area contributed by atoms with Crippen LogP contribution in [0, 0.1) is 0 Å². The SMILES string of the molecule is COC(=O)C1(F)C(=O)NC(=O)N(C2CCCO2)C1OC(C)=O. The van der Waals surface area contributed by atoms with E-state index >= 15 is 4.39 Å².